The van der Waals surface area contributed by atoms with Gasteiger partial charge < -0.3 is 4.90 Å². The Kier molecular flexibility index (Phi) is 3.27. The third-order valence-electron chi connectivity index (χ3n) is 5.88. The van der Waals surface area contributed by atoms with E-state index in [0.717, 1.165) is 0 Å². The van der Waals surface area contributed by atoms with Gasteiger partial charge in [-0.25, -0.2) is 0 Å². The molecule has 1 saturated heterocycles. The van der Waals surface area contributed by atoms with Gasteiger partial charge in [-0.05, 0) is 39.1 Å². The van der Waals surface area contributed by atoms with Crippen LogP contribution in [0.1, 0.15) is 53.3 Å². The fourth-order valence-corrected chi connectivity index (χ4v) is 4.59. The normalized spacial score (nSPS) is 31.2. The molecule has 1 aromatic rings. The van der Waals surface area contributed by atoms with Crippen molar-refractivity contribution in [3.05, 3.63) is 22.4 Å². The van der Waals surface area contributed by atoms with Crippen molar-refractivity contribution in [2.24, 2.45) is 16.7 Å². The molecule has 0 spiro atoms. The molecule has 1 N–H and O–H groups in total. The fraction of sp³-hybridized carbons (Fsp3) is 0.706. The molecule has 116 valence electrons. The molecule has 0 aromatic carbocycles. The van der Waals surface area contributed by atoms with E-state index in [1.165, 1.54) is 5.56 Å². The zero-order chi connectivity index (χ0) is 15.6. The lowest BCUT2D eigenvalue weighted by molar-refractivity contribution is -0.132. The first-order valence-electron chi connectivity index (χ1n) is 7.80. The minimum atomic E-state index is -0.0675. The zero-order valence-corrected chi connectivity index (χ0v) is 14.6. The third kappa shape index (κ3) is 1.99. The summed E-state index contributed by atoms with van der Waals surface area (Å²) in [5.74, 6) is 0.582. The van der Waals surface area contributed by atoms with Crippen molar-refractivity contribution >= 4 is 17.2 Å². The van der Waals surface area contributed by atoms with Crippen LogP contribution in [0, 0.1) is 16.7 Å². The van der Waals surface area contributed by atoms with Crippen LogP contribution in [0.4, 0.5) is 0 Å². The molecule has 3 nitrogen and oxygen atoms in total. The second-order valence-corrected chi connectivity index (χ2v) is 8.72. The second kappa shape index (κ2) is 4.56. The van der Waals surface area contributed by atoms with Crippen LogP contribution in [0.3, 0.4) is 0 Å². The molecule has 21 heavy (non-hydrogen) atoms. The summed E-state index contributed by atoms with van der Waals surface area (Å²) in [7, 11) is 0. The maximum atomic E-state index is 13.0. The van der Waals surface area contributed by atoms with Gasteiger partial charge in [-0.2, -0.15) is 11.3 Å². The Labute approximate surface area is 131 Å². The predicted octanol–water partition coefficient (Wildman–Crippen LogP) is 3.64. The van der Waals surface area contributed by atoms with E-state index in [9.17, 15) is 4.79 Å². The summed E-state index contributed by atoms with van der Waals surface area (Å²) < 4.78 is 0. The maximum Gasteiger partial charge on any atom is 0.241 e. The highest BCUT2D eigenvalue weighted by atomic mass is 32.1. The van der Waals surface area contributed by atoms with Gasteiger partial charge in [0.25, 0.3) is 0 Å². The molecule has 1 aliphatic carbocycles. The lowest BCUT2D eigenvalue weighted by atomic mass is 10.0. The third-order valence-corrected chi connectivity index (χ3v) is 6.59. The lowest BCUT2D eigenvalue weighted by Crippen LogP contribution is -2.37. The Bertz CT molecular complexity index is 533. The first-order valence-corrected chi connectivity index (χ1v) is 8.74. The number of carbonyl (C=O) groups excluding carboxylic acids is 1. The Morgan fingerprint density at radius 2 is 1.86 bits per heavy atom. The molecule has 1 saturated carbocycles. The van der Waals surface area contributed by atoms with Gasteiger partial charge in [0.2, 0.25) is 5.91 Å². The van der Waals surface area contributed by atoms with E-state index in [4.69, 9.17) is 0 Å². The summed E-state index contributed by atoms with van der Waals surface area (Å²) in [5.41, 5.74) is 1.56. The first-order chi connectivity index (χ1) is 9.69. The quantitative estimate of drug-likeness (QED) is 0.924. The van der Waals surface area contributed by atoms with Crippen LogP contribution in [0.15, 0.2) is 16.8 Å². The summed E-state index contributed by atoms with van der Waals surface area (Å²) in [5, 5.41) is 7.82. The minimum Gasteiger partial charge on any atom is -0.317 e. The van der Waals surface area contributed by atoms with Crippen molar-refractivity contribution in [2.75, 3.05) is 0 Å². The van der Waals surface area contributed by atoms with Gasteiger partial charge in [-0.15, -0.1) is 0 Å². The highest BCUT2D eigenvalue weighted by Crippen LogP contribution is 2.66. The van der Waals surface area contributed by atoms with Gasteiger partial charge in [0.15, 0.2) is 0 Å². The summed E-state index contributed by atoms with van der Waals surface area (Å²) in [6.07, 6.45) is 0.0298. The van der Waals surface area contributed by atoms with Crippen molar-refractivity contribution < 1.29 is 4.79 Å². The second-order valence-electron chi connectivity index (χ2n) is 7.94. The standard InChI is InChI=1S/C17H26N2OS/c1-10(2)12-14(20)19(15-16(3,4)17(15,5)6)13(18-12)11-7-8-21-9-11/h7-10,12-13,15,18H,1-6H3. The number of nitrogens with one attached hydrogen (secondary N) is 1. The molecule has 2 aliphatic rings. The van der Waals surface area contributed by atoms with E-state index >= 15 is 0 Å². The van der Waals surface area contributed by atoms with E-state index in [1.54, 1.807) is 11.3 Å². The number of amides is 1. The minimum absolute atomic E-state index is 0.0298. The smallest absolute Gasteiger partial charge is 0.241 e. The SMILES string of the molecule is CC(C)C1NC(c2ccsc2)N(C2C(C)(C)C2(C)C)C1=O. The van der Waals surface area contributed by atoms with Crippen LogP contribution in [0.25, 0.3) is 0 Å². The van der Waals surface area contributed by atoms with Crippen molar-refractivity contribution in [1.82, 2.24) is 10.2 Å². The van der Waals surface area contributed by atoms with Crippen LogP contribution >= 0.6 is 11.3 Å². The fourth-order valence-electron chi connectivity index (χ4n) is 3.91. The van der Waals surface area contributed by atoms with Gasteiger partial charge in [-0.1, -0.05) is 41.5 Å². The topological polar surface area (TPSA) is 32.3 Å². The molecule has 2 unspecified atom stereocenters. The lowest BCUT2D eigenvalue weighted by Gasteiger charge is -2.26. The van der Waals surface area contributed by atoms with E-state index < -0.39 is 0 Å². The molecule has 2 fully saturated rings. The number of thiophene rings is 1. The number of rotatable bonds is 3. The molecule has 3 rings (SSSR count). The Morgan fingerprint density at radius 3 is 2.29 bits per heavy atom. The largest absolute Gasteiger partial charge is 0.317 e. The van der Waals surface area contributed by atoms with Crippen molar-refractivity contribution in [3.8, 4) is 0 Å². The van der Waals surface area contributed by atoms with E-state index in [0.29, 0.717) is 12.0 Å². The van der Waals surface area contributed by atoms with E-state index in [-0.39, 0.29) is 28.9 Å². The van der Waals surface area contributed by atoms with Crippen LogP contribution in [-0.4, -0.2) is 22.9 Å². The predicted molar refractivity (Wildman–Crippen MR) is 87.0 cm³/mol. The average Bonchev–Trinajstić information content (AvgIpc) is 2.86. The van der Waals surface area contributed by atoms with Gasteiger partial charge in [0.05, 0.1) is 6.04 Å². The Balaban J connectivity index is 1.97. The van der Waals surface area contributed by atoms with Crippen molar-refractivity contribution in [2.45, 2.75) is 59.8 Å². The number of carbonyl (C=O) groups is 1. The van der Waals surface area contributed by atoms with Crippen LogP contribution in [0.5, 0.6) is 0 Å². The molecular formula is C17H26N2OS. The highest BCUT2D eigenvalue weighted by molar-refractivity contribution is 7.07. The van der Waals surface area contributed by atoms with Crippen molar-refractivity contribution in [3.63, 3.8) is 0 Å². The van der Waals surface area contributed by atoms with Gasteiger partial charge in [0, 0.05) is 6.04 Å². The Morgan fingerprint density at radius 1 is 1.24 bits per heavy atom. The van der Waals surface area contributed by atoms with Crippen molar-refractivity contribution in [1.29, 1.82) is 0 Å². The molecule has 1 aliphatic heterocycles. The molecule has 0 radical (unpaired) electrons. The van der Waals surface area contributed by atoms with E-state index in [2.05, 4.69) is 68.6 Å². The highest BCUT2D eigenvalue weighted by Gasteiger charge is 2.70. The Hall–Kier alpha value is -0.870. The summed E-state index contributed by atoms with van der Waals surface area (Å²) >= 11 is 1.69. The molecule has 2 atom stereocenters. The van der Waals surface area contributed by atoms with Gasteiger partial charge >= 0.3 is 0 Å². The molecular weight excluding hydrogens is 280 g/mol. The maximum absolute atomic E-state index is 13.0. The zero-order valence-electron chi connectivity index (χ0n) is 13.8. The number of hydrogen-bond acceptors (Lipinski definition) is 3. The molecule has 1 amide bonds. The summed E-state index contributed by atoms with van der Waals surface area (Å²) in [6, 6.07) is 2.37. The van der Waals surface area contributed by atoms with Crippen LogP contribution < -0.4 is 5.32 Å². The molecule has 1 aromatic heterocycles. The van der Waals surface area contributed by atoms with Crippen LogP contribution in [-0.2, 0) is 4.79 Å². The molecule has 4 heteroatoms. The monoisotopic (exact) mass is 306 g/mol. The average molecular weight is 306 g/mol. The van der Waals surface area contributed by atoms with E-state index in [1.807, 2.05) is 0 Å². The van der Waals surface area contributed by atoms with Crippen LogP contribution in [0.2, 0.25) is 0 Å². The summed E-state index contributed by atoms with van der Waals surface area (Å²) in [4.78, 5) is 15.1. The van der Waals surface area contributed by atoms with Gasteiger partial charge in [-0.3, -0.25) is 10.1 Å². The molecule has 2 heterocycles. The number of hydrogen-bond donors (Lipinski definition) is 1. The first kappa shape index (κ1) is 15.0. The number of nitrogens with zero attached hydrogens (tertiary/aromatic N) is 1. The summed E-state index contributed by atoms with van der Waals surface area (Å²) in [6.45, 7) is 13.3. The molecule has 0 bridgehead atoms. The van der Waals surface area contributed by atoms with Gasteiger partial charge in [0.1, 0.15) is 6.17 Å².